The lowest BCUT2D eigenvalue weighted by Crippen LogP contribution is -2.37. The van der Waals surface area contributed by atoms with Crippen LogP contribution in [0.15, 0.2) is 41.3 Å². The first-order valence-electron chi connectivity index (χ1n) is 6.56. The van der Waals surface area contributed by atoms with Gasteiger partial charge in [0.25, 0.3) is 0 Å². The van der Waals surface area contributed by atoms with Crippen LogP contribution in [0.25, 0.3) is 10.9 Å². The molecule has 2 rings (SSSR count). The number of para-hydroxylation sites is 1. The minimum Gasteiger partial charge on any atom is -0.383 e. The highest BCUT2D eigenvalue weighted by atomic mass is 16.5. The average molecular weight is 260 g/mol. The molecule has 0 aliphatic rings. The van der Waals surface area contributed by atoms with E-state index in [1.54, 1.807) is 13.2 Å². The Labute approximate surface area is 113 Å². The fourth-order valence-corrected chi connectivity index (χ4v) is 2.32. The predicted octanol–water partition coefficient (Wildman–Crippen LogP) is 1.63. The maximum absolute atomic E-state index is 11.8. The summed E-state index contributed by atoms with van der Waals surface area (Å²) in [6, 6.07) is 9.56. The quantitative estimate of drug-likeness (QED) is 0.858. The summed E-state index contributed by atoms with van der Waals surface area (Å²) in [6.45, 7) is 4.40. The molecule has 0 saturated heterocycles. The van der Waals surface area contributed by atoms with Gasteiger partial charge in [0.2, 0.25) is 0 Å². The Morgan fingerprint density at radius 2 is 2.11 bits per heavy atom. The molecule has 0 radical (unpaired) electrons. The maximum Gasteiger partial charge on any atom is 0.189 e. The van der Waals surface area contributed by atoms with Gasteiger partial charge in [-0.05, 0) is 18.7 Å². The van der Waals surface area contributed by atoms with Crippen LogP contribution < -0.4 is 10.7 Å². The van der Waals surface area contributed by atoms with Crippen LogP contribution in [-0.4, -0.2) is 30.9 Å². The van der Waals surface area contributed by atoms with E-state index in [1.165, 1.54) is 0 Å². The monoisotopic (exact) mass is 260 g/mol. The number of likely N-dealkylation sites (N-methyl/N-ethyl adjacent to an activating group) is 1. The van der Waals surface area contributed by atoms with Crippen LogP contribution in [0.1, 0.15) is 6.92 Å². The van der Waals surface area contributed by atoms with Crippen LogP contribution in [0.5, 0.6) is 0 Å². The molecule has 1 unspecified atom stereocenters. The highest BCUT2D eigenvalue weighted by Crippen LogP contribution is 2.10. The van der Waals surface area contributed by atoms with E-state index in [0.717, 1.165) is 24.0 Å². The van der Waals surface area contributed by atoms with Crippen molar-refractivity contribution in [1.82, 2.24) is 9.88 Å². The van der Waals surface area contributed by atoms with Crippen molar-refractivity contribution in [3.63, 3.8) is 0 Å². The Balaban J connectivity index is 2.34. The predicted molar refractivity (Wildman–Crippen MR) is 77.5 cm³/mol. The van der Waals surface area contributed by atoms with Gasteiger partial charge in [-0.2, -0.15) is 0 Å². The zero-order chi connectivity index (χ0) is 13.7. The van der Waals surface area contributed by atoms with E-state index in [1.807, 2.05) is 30.5 Å². The molecule has 102 valence electrons. The Kier molecular flexibility index (Phi) is 4.71. The smallest absolute Gasteiger partial charge is 0.189 e. The molecule has 4 nitrogen and oxygen atoms in total. The average Bonchev–Trinajstić information content (AvgIpc) is 2.43. The molecule has 0 spiro atoms. The molecule has 1 heterocycles. The third kappa shape index (κ3) is 3.22. The number of nitrogens with one attached hydrogen (secondary N) is 1. The van der Waals surface area contributed by atoms with E-state index in [2.05, 4.69) is 16.8 Å². The van der Waals surface area contributed by atoms with Crippen molar-refractivity contribution in [1.29, 1.82) is 0 Å². The third-order valence-corrected chi connectivity index (χ3v) is 3.16. The van der Waals surface area contributed by atoms with Gasteiger partial charge in [-0.3, -0.25) is 4.79 Å². The maximum atomic E-state index is 11.8. The number of fused-ring (bicyclic) bond motifs is 1. The minimum atomic E-state index is 0.0681. The Hall–Kier alpha value is -1.65. The summed E-state index contributed by atoms with van der Waals surface area (Å²) < 4.78 is 7.33. The minimum absolute atomic E-state index is 0.0681. The Bertz CT molecular complexity index is 586. The molecule has 0 saturated carbocycles. The molecule has 4 heteroatoms. The molecule has 0 aliphatic heterocycles. The second kappa shape index (κ2) is 6.50. The molecular formula is C15H20N2O2. The summed E-state index contributed by atoms with van der Waals surface area (Å²) >= 11 is 0. The van der Waals surface area contributed by atoms with Crippen LogP contribution in [0.3, 0.4) is 0 Å². The Morgan fingerprint density at radius 1 is 1.32 bits per heavy atom. The topological polar surface area (TPSA) is 43.3 Å². The first kappa shape index (κ1) is 13.8. The molecule has 0 bridgehead atoms. The van der Waals surface area contributed by atoms with Gasteiger partial charge in [0.05, 0.1) is 12.1 Å². The number of hydrogen-bond donors (Lipinski definition) is 1. The number of rotatable bonds is 6. The first-order chi connectivity index (χ1) is 9.26. The van der Waals surface area contributed by atoms with E-state index in [4.69, 9.17) is 4.74 Å². The van der Waals surface area contributed by atoms with Crippen molar-refractivity contribution < 1.29 is 4.74 Å². The molecular weight excluding hydrogens is 240 g/mol. The fraction of sp³-hybridized carbons (Fsp3) is 0.400. The standard InChI is InChI=1S/C15H20N2O2/c1-3-16-12(11-19-2)10-17-9-8-15(18)13-6-4-5-7-14(13)17/h4-9,12,16H,3,10-11H2,1-2H3. The van der Waals surface area contributed by atoms with Gasteiger partial charge in [0.1, 0.15) is 0 Å². The van der Waals surface area contributed by atoms with E-state index >= 15 is 0 Å². The number of nitrogens with zero attached hydrogens (tertiary/aromatic N) is 1. The van der Waals surface area contributed by atoms with E-state index in [9.17, 15) is 4.79 Å². The number of hydrogen-bond acceptors (Lipinski definition) is 3. The second-order valence-corrected chi connectivity index (χ2v) is 4.56. The summed E-state index contributed by atoms with van der Waals surface area (Å²) in [4.78, 5) is 11.8. The van der Waals surface area contributed by atoms with Gasteiger partial charge >= 0.3 is 0 Å². The number of aromatic nitrogens is 1. The lowest BCUT2D eigenvalue weighted by atomic mass is 10.2. The first-order valence-corrected chi connectivity index (χ1v) is 6.56. The highest BCUT2D eigenvalue weighted by molar-refractivity contribution is 5.78. The van der Waals surface area contributed by atoms with Gasteiger partial charge in [-0.15, -0.1) is 0 Å². The largest absolute Gasteiger partial charge is 0.383 e. The Morgan fingerprint density at radius 3 is 2.84 bits per heavy atom. The van der Waals surface area contributed by atoms with Crippen LogP contribution in [0.4, 0.5) is 0 Å². The summed E-state index contributed by atoms with van der Waals surface area (Å²) in [6.07, 6.45) is 1.85. The number of benzene rings is 1. The lowest BCUT2D eigenvalue weighted by molar-refractivity contribution is 0.160. The van der Waals surface area contributed by atoms with Crippen molar-refractivity contribution in [2.75, 3.05) is 20.3 Å². The molecule has 2 aromatic rings. The number of methoxy groups -OCH3 is 1. The van der Waals surface area contributed by atoms with Crippen LogP contribution >= 0.6 is 0 Å². The summed E-state index contributed by atoms with van der Waals surface area (Å²) in [5.41, 5.74) is 1.03. The van der Waals surface area contributed by atoms with Gasteiger partial charge in [0, 0.05) is 37.3 Å². The van der Waals surface area contributed by atoms with Crippen molar-refractivity contribution >= 4 is 10.9 Å². The molecule has 0 amide bonds. The van der Waals surface area contributed by atoms with Crippen molar-refractivity contribution in [2.24, 2.45) is 0 Å². The second-order valence-electron chi connectivity index (χ2n) is 4.56. The highest BCUT2D eigenvalue weighted by Gasteiger charge is 2.09. The SMILES string of the molecule is CCNC(COC)Cn1ccc(=O)c2ccccc21. The number of ether oxygens (including phenoxy) is 1. The van der Waals surface area contributed by atoms with Crippen molar-refractivity contribution in [3.8, 4) is 0 Å². The summed E-state index contributed by atoms with van der Waals surface area (Å²) in [7, 11) is 1.70. The van der Waals surface area contributed by atoms with Gasteiger partial charge in [-0.25, -0.2) is 0 Å². The molecule has 0 aliphatic carbocycles. The van der Waals surface area contributed by atoms with E-state index in [0.29, 0.717) is 6.61 Å². The molecule has 1 aromatic heterocycles. The molecule has 19 heavy (non-hydrogen) atoms. The van der Waals surface area contributed by atoms with Crippen LogP contribution in [0, 0.1) is 0 Å². The molecule has 1 N–H and O–H groups in total. The summed E-state index contributed by atoms with van der Waals surface area (Å²) in [5, 5.41) is 4.15. The zero-order valence-electron chi connectivity index (χ0n) is 11.4. The van der Waals surface area contributed by atoms with Crippen molar-refractivity contribution in [2.45, 2.75) is 19.5 Å². The third-order valence-electron chi connectivity index (χ3n) is 3.16. The number of pyridine rings is 1. The fourth-order valence-electron chi connectivity index (χ4n) is 2.32. The van der Waals surface area contributed by atoms with Crippen LogP contribution in [0.2, 0.25) is 0 Å². The van der Waals surface area contributed by atoms with E-state index in [-0.39, 0.29) is 11.5 Å². The zero-order valence-corrected chi connectivity index (χ0v) is 11.4. The molecule has 1 atom stereocenters. The van der Waals surface area contributed by atoms with Crippen molar-refractivity contribution in [3.05, 3.63) is 46.8 Å². The van der Waals surface area contributed by atoms with Gasteiger partial charge < -0.3 is 14.6 Å². The van der Waals surface area contributed by atoms with Gasteiger partial charge in [-0.1, -0.05) is 19.1 Å². The lowest BCUT2D eigenvalue weighted by Gasteiger charge is -2.20. The normalized spacial score (nSPS) is 12.7. The summed E-state index contributed by atoms with van der Waals surface area (Å²) in [5.74, 6) is 0. The molecule has 1 aromatic carbocycles. The van der Waals surface area contributed by atoms with E-state index < -0.39 is 0 Å². The van der Waals surface area contributed by atoms with Gasteiger partial charge in [0.15, 0.2) is 5.43 Å². The van der Waals surface area contributed by atoms with Crippen LogP contribution in [-0.2, 0) is 11.3 Å². The molecule has 0 fully saturated rings.